The summed E-state index contributed by atoms with van der Waals surface area (Å²) in [4.78, 5) is 11.6. The second-order valence-corrected chi connectivity index (χ2v) is 9.10. The number of rotatable bonds is 12. The summed E-state index contributed by atoms with van der Waals surface area (Å²) in [6.45, 7) is 7.05. The SMILES string of the molecule is C#CC.CC.CC(=O)/C(=C/C=C(\Cc1ccsc1)OCc1ccc(C(O)c2cccc(/C(N)=N/NN)c2)cc1)CO. The van der Waals surface area contributed by atoms with Crippen LogP contribution in [0.15, 0.2) is 93.9 Å². The van der Waals surface area contributed by atoms with Crippen molar-refractivity contribution in [1.82, 2.24) is 5.53 Å². The molecule has 1 atom stereocenters. The van der Waals surface area contributed by atoms with Crippen LogP contribution in [-0.4, -0.2) is 28.4 Å². The van der Waals surface area contributed by atoms with Crippen LogP contribution in [0.4, 0.5) is 0 Å². The van der Waals surface area contributed by atoms with Gasteiger partial charge in [-0.25, -0.2) is 11.4 Å². The molecule has 3 aromatic rings. The number of benzene rings is 2. The number of amidine groups is 1. The number of ketones is 1. The minimum absolute atomic E-state index is 0.186. The Kier molecular flexibility index (Phi) is 16.8. The molecule has 3 rings (SSSR count). The number of ether oxygens (including phenoxy) is 1. The first-order chi connectivity index (χ1) is 19.8. The number of hydrazone groups is 1. The molecule has 2 aromatic carbocycles. The predicted octanol–water partition coefficient (Wildman–Crippen LogP) is 4.73. The van der Waals surface area contributed by atoms with Gasteiger partial charge in [0.2, 0.25) is 0 Å². The van der Waals surface area contributed by atoms with Gasteiger partial charge in [0.25, 0.3) is 0 Å². The zero-order valence-electron chi connectivity index (χ0n) is 24.0. The molecule has 0 aliphatic heterocycles. The van der Waals surface area contributed by atoms with Crippen LogP contribution in [0, 0.1) is 12.3 Å². The number of carbonyl (C=O) groups is 1. The summed E-state index contributed by atoms with van der Waals surface area (Å²) >= 11 is 1.60. The highest BCUT2D eigenvalue weighted by atomic mass is 32.1. The Morgan fingerprint density at radius 1 is 1.15 bits per heavy atom. The number of allylic oxidation sites excluding steroid dienone is 3. The fourth-order valence-electron chi connectivity index (χ4n) is 3.39. The maximum atomic E-state index is 11.6. The molecule has 0 saturated heterocycles. The van der Waals surface area contributed by atoms with Crippen LogP contribution >= 0.6 is 11.3 Å². The van der Waals surface area contributed by atoms with Crippen LogP contribution in [0.25, 0.3) is 0 Å². The van der Waals surface area contributed by atoms with Crippen molar-refractivity contribution in [3.63, 3.8) is 0 Å². The van der Waals surface area contributed by atoms with Gasteiger partial charge < -0.3 is 20.7 Å². The van der Waals surface area contributed by atoms with Crippen molar-refractivity contribution in [2.45, 2.75) is 46.8 Å². The molecule has 1 heterocycles. The summed E-state index contributed by atoms with van der Waals surface area (Å²) in [6.07, 6.45) is 7.64. The number of hydrogen-bond acceptors (Lipinski definition) is 8. The van der Waals surface area contributed by atoms with Gasteiger partial charge in [-0.3, -0.25) is 4.79 Å². The number of nitrogens with zero attached hydrogens (tertiary/aromatic N) is 1. The molecule has 1 unspecified atom stereocenters. The average Bonchev–Trinajstić information content (AvgIpc) is 3.50. The number of hydrazine groups is 1. The van der Waals surface area contributed by atoms with Crippen molar-refractivity contribution < 1.29 is 19.7 Å². The van der Waals surface area contributed by atoms with Gasteiger partial charge in [-0.2, -0.15) is 11.3 Å². The van der Waals surface area contributed by atoms with Gasteiger partial charge in [0.1, 0.15) is 18.5 Å². The summed E-state index contributed by atoms with van der Waals surface area (Å²) in [6, 6.07) is 16.6. The summed E-state index contributed by atoms with van der Waals surface area (Å²) in [5, 5.41) is 28.0. The topological polar surface area (TPSA) is 143 Å². The van der Waals surface area contributed by atoms with Crippen LogP contribution in [0.1, 0.15) is 61.6 Å². The highest BCUT2D eigenvalue weighted by Gasteiger charge is 2.12. The maximum absolute atomic E-state index is 11.6. The van der Waals surface area contributed by atoms with E-state index >= 15 is 0 Å². The van der Waals surface area contributed by atoms with Crippen molar-refractivity contribution in [2.75, 3.05) is 6.61 Å². The van der Waals surface area contributed by atoms with E-state index in [1.165, 1.54) is 6.92 Å². The van der Waals surface area contributed by atoms with E-state index in [-0.39, 0.29) is 18.2 Å². The van der Waals surface area contributed by atoms with Gasteiger partial charge in [0, 0.05) is 17.6 Å². The van der Waals surface area contributed by atoms with Crippen LogP contribution in [0.3, 0.4) is 0 Å². The molecule has 1 aromatic heterocycles. The Labute approximate surface area is 247 Å². The van der Waals surface area contributed by atoms with E-state index in [1.807, 2.05) is 61.0 Å². The zero-order chi connectivity index (χ0) is 30.6. The molecule has 0 radical (unpaired) electrons. The Hall–Kier alpha value is -4.20. The molecule has 8 nitrogen and oxygen atoms in total. The molecule has 41 heavy (non-hydrogen) atoms. The second kappa shape index (κ2) is 19.8. The highest BCUT2D eigenvalue weighted by Crippen LogP contribution is 2.24. The lowest BCUT2D eigenvalue weighted by molar-refractivity contribution is -0.114. The lowest BCUT2D eigenvalue weighted by Gasteiger charge is -2.14. The van der Waals surface area contributed by atoms with Gasteiger partial charge >= 0.3 is 0 Å². The van der Waals surface area contributed by atoms with Gasteiger partial charge in [-0.05, 0) is 71.1 Å². The summed E-state index contributed by atoms with van der Waals surface area (Å²) < 4.78 is 6.05. The zero-order valence-corrected chi connectivity index (χ0v) is 24.8. The van der Waals surface area contributed by atoms with E-state index in [9.17, 15) is 15.0 Å². The number of carbonyl (C=O) groups excluding carboxylic acids is 1. The van der Waals surface area contributed by atoms with E-state index in [0.717, 1.165) is 16.7 Å². The summed E-state index contributed by atoms with van der Waals surface area (Å²) in [5.41, 5.74) is 12.4. The van der Waals surface area contributed by atoms with Gasteiger partial charge in [-0.15, -0.1) is 17.4 Å². The number of nitrogens with two attached hydrogens (primary N) is 2. The molecule has 7 N–H and O–H groups in total. The lowest BCUT2D eigenvalue weighted by Crippen LogP contribution is -2.23. The molecule has 0 spiro atoms. The molecule has 9 heteroatoms. The number of aliphatic hydroxyl groups is 2. The van der Waals surface area contributed by atoms with Crippen molar-refractivity contribution in [3.05, 3.63) is 117 Å². The third-order valence-corrected chi connectivity index (χ3v) is 6.19. The summed E-state index contributed by atoms with van der Waals surface area (Å²) in [7, 11) is 0. The minimum Gasteiger partial charge on any atom is -0.493 e. The number of Topliss-reactive ketones (excluding diaryl/α,β-unsaturated/α-hetero) is 1. The van der Waals surface area contributed by atoms with Crippen LogP contribution < -0.4 is 17.1 Å². The standard InChI is InChI=1S/C27H30N4O4S.C3H4.C2H6/c1-18(33)24(15-32)9-10-25(13-20-11-12-36-17-20)35-16-19-5-7-21(8-6-19)26(34)22-3-2-4-23(14-22)27(28)30-31-29;1-3-2;1-2/h2-12,14,17,26,31-32,34H,13,15-16,29H2,1H3,(H2,28,30);1H,2H3;1-2H3/b24-9+,25-10+;;. The van der Waals surface area contributed by atoms with Crippen molar-refractivity contribution in [3.8, 4) is 12.3 Å². The molecular weight excluding hydrogens is 536 g/mol. The van der Waals surface area contributed by atoms with E-state index < -0.39 is 6.10 Å². The maximum Gasteiger partial charge on any atom is 0.158 e. The van der Waals surface area contributed by atoms with Gasteiger partial charge in [0.15, 0.2) is 11.6 Å². The highest BCUT2D eigenvalue weighted by molar-refractivity contribution is 7.07. The summed E-state index contributed by atoms with van der Waals surface area (Å²) in [5.74, 6) is 8.14. The van der Waals surface area contributed by atoms with E-state index in [4.69, 9.17) is 16.3 Å². The molecule has 0 bridgehead atoms. The smallest absolute Gasteiger partial charge is 0.158 e. The monoisotopic (exact) mass is 576 g/mol. The Balaban J connectivity index is 0.00000157. The number of hydrogen-bond donors (Lipinski definition) is 5. The van der Waals surface area contributed by atoms with E-state index in [1.54, 1.807) is 48.6 Å². The van der Waals surface area contributed by atoms with Gasteiger partial charge in [-0.1, -0.05) is 56.3 Å². The Morgan fingerprint density at radius 3 is 2.39 bits per heavy atom. The first-order valence-electron chi connectivity index (χ1n) is 13.0. The van der Waals surface area contributed by atoms with Crippen molar-refractivity contribution in [2.24, 2.45) is 16.7 Å². The molecule has 0 amide bonds. The van der Waals surface area contributed by atoms with E-state index in [2.05, 4.69) is 23.0 Å². The number of thiophene rings is 1. The fourth-order valence-corrected chi connectivity index (χ4v) is 4.06. The molecule has 0 fully saturated rings. The van der Waals surface area contributed by atoms with Crippen molar-refractivity contribution >= 4 is 23.0 Å². The molecule has 218 valence electrons. The normalized spacial score (nSPS) is 12.1. The largest absolute Gasteiger partial charge is 0.493 e. The second-order valence-electron chi connectivity index (χ2n) is 8.32. The van der Waals surface area contributed by atoms with Crippen LogP contribution in [-0.2, 0) is 22.6 Å². The number of terminal acetylenes is 1. The van der Waals surface area contributed by atoms with Crippen molar-refractivity contribution in [1.29, 1.82) is 0 Å². The number of aliphatic hydroxyl groups excluding tert-OH is 2. The third-order valence-electron chi connectivity index (χ3n) is 5.45. The lowest BCUT2D eigenvalue weighted by atomic mass is 9.98. The Morgan fingerprint density at radius 2 is 1.83 bits per heavy atom. The molecular formula is C32H40N4O4S. The average molecular weight is 577 g/mol. The molecule has 0 saturated carbocycles. The van der Waals surface area contributed by atoms with Crippen LogP contribution in [0.2, 0.25) is 0 Å². The first kappa shape index (κ1) is 34.8. The van der Waals surface area contributed by atoms with E-state index in [0.29, 0.717) is 35.5 Å². The Bertz CT molecular complexity index is 1320. The van der Waals surface area contributed by atoms with Gasteiger partial charge in [0.05, 0.1) is 6.61 Å². The third kappa shape index (κ3) is 12.2. The predicted molar refractivity (Wildman–Crippen MR) is 168 cm³/mol. The quantitative estimate of drug-likeness (QED) is 0.0307. The molecule has 0 aliphatic rings. The van der Waals surface area contributed by atoms with Crippen LogP contribution in [0.5, 0.6) is 0 Å². The fraction of sp³-hybridized carbons (Fsp3) is 0.250. The number of nitrogens with one attached hydrogen (secondary N) is 1. The first-order valence-corrected chi connectivity index (χ1v) is 14.0. The minimum atomic E-state index is -0.846. The molecule has 0 aliphatic carbocycles.